The molecule has 2 amide bonds. The predicted octanol–water partition coefficient (Wildman–Crippen LogP) is 0.617. The molecule has 0 spiro atoms. The van der Waals surface area contributed by atoms with Gasteiger partial charge in [0, 0.05) is 50.4 Å². The molecular formula is C21H29ClN6O4. The Kier molecular flexibility index (Phi) is 7.25. The van der Waals surface area contributed by atoms with Crippen LogP contribution in [0.4, 0.5) is 0 Å². The van der Waals surface area contributed by atoms with Gasteiger partial charge in [0.15, 0.2) is 5.56 Å². The van der Waals surface area contributed by atoms with Crippen LogP contribution < -0.4 is 16.2 Å². The summed E-state index contributed by atoms with van der Waals surface area (Å²) in [4.78, 5) is 39.8. The molecule has 0 atom stereocenters. The fourth-order valence-electron chi connectivity index (χ4n) is 3.70. The molecule has 4 rings (SSSR count). The van der Waals surface area contributed by atoms with Gasteiger partial charge >= 0.3 is 0 Å². The molecule has 2 aromatic rings. The highest BCUT2D eigenvalue weighted by atomic mass is 35.5. The van der Waals surface area contributed by atoms with Crippen LogP contribution in [0, 0.1) is 5.92 Å². The maximum Gasteiger partial charge on any atom is 0.291 e. The Morgan fingerprint density at radius 1 is 1.31 bits per heavy atom. The number of carbonyl (C=O) groups is 2. The van der Waals surface area contributed by atoms with E-state index in [0.29, 0.717) is 30.8 Å². The van der Waals surface area contributed by atoms with Crippen LogP contribution in [0.2, 0.25) is 0 Å². The van der Waals surface area contributed by atoms with E-state index in [-0.39, 0.29) is 41.7 Å². The largest absolute Gasteiger partial charge is 0.494 e. The lowest BCUT2D eigenvalue weighted by atomic mass is 10.2. The number of carbonyl (C=O) groups excluding carboxylic acids is 2. The molecule has 10 nitrogen and oxygen atoms in total. The monoisotopic (exact) mass is 464 g/mol. The minimum Gasteiger partial charge on any atom is -0.494 e. The molecule has 0 radical (unpaired) electrons. The van der Waals surface area contributed by atoms with Crippen LogP contribution in [0.1, 0.15) is 42.6 Å². The zero-order valence-electron chi connectivity index (χ0n) is 18.2. The number of nitrogens with zero attached hydrogens (tertiary/aromatic N) is 4. The summed E-state index contributed by atoms with van der Waals surface area (Å²) < 4.78 is 2.65. The van der Waals surface area contributed by atoms with Gasteiger partial charge < -0.3 is 20.6 Å². The van der Waals surface area contributed by atoms with E-state index < -0.39 is 11.5 Å². The summed E-state index contributed by atoms with van der Waals surface area (Å²) in [5, 5.41) is 21.0. The van der Waals surface area contributed by atoms with Gasteiger partial charge in [-0.1, -0.05) is 13.8 Å². The van der Waals surface area contributed by atoms with Crippen molar-refractivity contribution in [2.45, 2.75) is 39.3 Å². The van der Waals surface area contributed by atoms with E-state index in [9.17, 15) is 19.5 Å². The predicted molar refractivity (Wildman–Crippen MR) is 122 cm³/mol. The summed E-state index contributed by atoms with van der Waals surface area (Å²) >= 11 is 0. The van der Waals surface area contributed by atoms with Crippen molar-refractivity contribution in [3.05, 3.63) is 33.8 Å². The Morgan fingerprint density at radius 3 is 2.62 bits per heavy atom. The fourth-order valence-corrected chi connectivity index (χ4v) is 3.70. The van der Waals surface area contributed by atoms with Crippen molar-refractivity contribution in [3.63, 3.8) is 0 Å². The number of hydrogen-bond acceptors (Lipinski definition) is 6. The van der Waals surface area contributed by atoms with E-state index >= 15 is 0 Å². The number of nitrogens with one attached hydrogen (secondary N) is 2. The maximum atomic E-state index is 13.0. The average Bonchev–Trinajstić information content (AvgIpc) is 3.45. The van der Waals surface area contributed by atoms with Gasteiger partial charge in [-0.25, -0.2) is 0 Å². The smallest absolute Gasteiger partial charge is 0.291 e. The molecule has 1 saturated carbocycles. The normalized spacial score (nSPS) is 16.5. The Labute approximate surface area is 191 Å². The molecule has 3 heterocycles. The Hall–Kier alpha value is -2.85. The molecule has 1 aliphatic carbocycles. The van der Waals surface area contributed by atoms with E-state index in [4.69, 9.17) is 0 Å². The lowest BCUT2D eigenvalue weighted by molar-refractivity contribution is -0.126. The molecule has 2 aliphatic rings. The molecule has 174 valence electrons. The van der Waals surface area contributed by atoms with E-state index in [2.05, 4.69) is 15.7 Å². The lowest BCUT2D eigenvalue weighted by Gasteiger charge is -2.26. The van der Waals surface area contributed by atoms with E-state index in [1.54, 1.807) is 11.0 Å². The van der Waals surface area contributed by atoms with Crippen molar-refractivity contribution in [3.8, 4) is 5.88 Å². The molecule has 2 aromatic heterocycles. The Balaban J connectivity index is 0.00000289. The van der Waals surface area contributed by atoms with Crippen molar-refractivity contribution in [1.82, 2.24) is 29.7 Å². The quantitative estimate of drug-likeness (QED) is 0.539. The summed E-state index contributed by atoms with van der Waals surface area (Å²) in [6, 6.07) is 0.0488. The number of hydrogen-bond donors (Lipinski definition) is 3. The van der Waals surface area contributed by atoms with Gasteiger partial charge in [0.1, 0.15) is 5.65 Å². The molecule has 0 aromatic carbocycles. The van der Waals surface area contributed by atoms with Crippen LogP contribution >= 0.6 is 12.4 Å². The van der Waals surface area contributed by atoms with Crippen LogP contribution in [0.5, 0.6) is 5.88 Å². The first-order valence-electron chi connectivity index (χ1n) is 10.7. The minimum atomic E-state index is -0.682. The summed E-state index contributed by atoms with van der Waals surface area (Å²) in [6.45, 7) is 7.09. The van der Waals surface area contributed by atoms with Gasteiger partial charge in [-0.3, -0.25) is 19.0 Å². The highest BCUT2D eigenvalue weighted by Crippen LogP contribution is 2.24. The lowest BCUT2D eigenvalue weighted by Crippen LogP contribution is -2.45. The van der Waals surface area contributed by atoms with Crippen molar-refractivity contribution in [2.75, 3.05) is 26.2 Å². The zero-order valence-corrected chi connectivity index (χ0v) is 19.0. The van der Waals surface area contributed by atoms with Gasteiger partial charge in [0.05, 0.1) is 6.20 Å². The third-order valence-corrected chi connectivity index (χ3v) is 5.43. The van der Waals surface area contributed by atoms with Crippen LogP contribution in [-0.2, 0) is 11.3 Å². The second-order valence-electron chi connectivity index (χ2n) is 8.50. The number of piperazine rings is 1. The van der Waals surface area contributed by atoms with Crippen LogP contribution in [-0.4, -0.2) is 68.2 Å². The highest BCUT2D eigenvalue weighted by molar-refractivity contribution is 5.97. The first-order valence-corrected chi connectivity index (χ1v) is 10.7. The first-order chi connectivity index (χ1) is 14.9. The van der Waals surface area contributed by atoms with E-state index in [0.717, 1.165) is 30.4 Å². The molecule has 2 fully saturated rings. The number of halogens is 1. The summed E-state index contributed by atoms with van der Waals surface area (Å²) in [5.41, 5.74) is -0.122. The Bertz CT molecular complexity index is 1100. The fraction of sp³-hybridized carbons (Fsp3) is 0.524. The molecule has 0 unspecified atom stereocenters. The molecule has 0 bridgehead atoms. The third-order valence-electron chi connectivity index (χ3n) is 5.43. The number of fused-ring (bicyclic) bond motifs is 1. The maximum absolute atomic E-state index is 13.0. The van der Waals surface area contributed by atoms with Crippen molar-refractivity contribution in [1.29, 1.82) is 0 Å². The number of amides is 2. The molecule has 1 aliphatic heterocycles. The number of rotatable bonds is 6. The minimum absolute atomic E-state index is 0. The summed E-state index contributed by atoms with van der Waals surface area (Å²) in [5.74, 6) is -0.965. The van der Waals surface area contributed by atoms with Crippen molar-refractivity contribution in [2.24, 2.45) is 5.92 Å². The van der Waals surface area contributed by atoms with Crippen LogP contribution in [0.3, 0.4) is 0 Å². The molecule has 32 heavy (non-hydrogen) atoms. The number of aromatic nitrogens is 3. The van der Waals surface area contributed by atoms with E-state index in [1.165, 1.54) is 16.8 Å². The molecule has 3 N–H and O–H groups in total. The van der Waals surface area contributed by atoms with Crippen LogP contribution in [0.25, 0.3) is 11.7 Å². The Morgan fingerprint density at radius 2 is 2.00 bits per heavy atom. The summed E-state index contributed by atoms with van der Waals surface area (Å²) in [7, 11) is 0. The topological polar surface area (TPSA) is 121 Å². The molecule has 1 saturated heterocycles. The second-order valence-corrected chi connectivity index (χ2v) is 8.50. The zero-order chi connectivity index (χ0) is 22.1. The van der Waals surface area contributed by atoms with Crippen molar-refractivity contribution < 1.29 is 14.7 Å². The third kappa shape index (κ3) is 4.81. The van der Waals surface area contributed by atoms with Gasteiger partial charge in [-0.2, -0.15) is 9.61 Å². The van der Waals surface area contributed by atoms with Gasteiger partial charge in [0.25, 0.3) is 11.5 Å². The first kappa shape index (κ1) is 23.8. The highest BCUT2D eigenvalue weighted by Gasteiger charge is 2.29. The standard InChI is InChI=1S/C21H28N6O4.ClH/c1-13(2)12-26-19-14(3-6-16(28)25-9-7-22-8-10-25)11-23-27(19)21(31)17(20(26)30)18(29)24-15-4-5-15;/h3,6,11,13,15,22,30H,4-5,7-10,12H2,1-2H3,(H,24,29);1H/b6-3+;. The van der Waals surface area contributed by atoms with E-state index in [1.807, 2.05) is 13.8 Å². The van der Waals surface area contributed by atoms with Crippen LogP contribution in [0.15, 0.2) is 17.1 Å². The second kappa shape index (κ2) is 9.74. The summed E-state index contributed by atoms with van der Waals surface area (Å²) in [6.07, 6.45) is 6.26. The number of aromatic hydroxyl groups is 1. The van der Waals surface area contributed by atoms with Gasteiger partial charge in [-0.15, -0.1) is 12.4 Å². The van der Waals surface area contributed by atoms with Crippen molar-refractivity contribution >= 4 is 35.9 Å². The average molecular weight is 465 g/mol. The SMILES string of the molecule is CC(C)Cn1c(O)c(C(=O)NC2CC2)c(=O)n2ncc(/C=C/C(=O)N3CCNCC3)c12.Cl. The van der Waals surface area contributed by atoms with Gasteiger partial charge in [-0.05, 0) is 24.8 Å². The van der Waals surface area contributed by atoms with Gasteiger partial charge in [0.2, 0.25) is 11.8 Å². The molecule has 11 heteroatoms. The molecular weight excluding hydrogens is 436 g/mol.